The lowest BCUT2D eigenvalue weighted by molar-refractivity contribution is -0.0684. The molecule has 1 aliphatic rings. The van der Waals surface area contributed by atoms with Crippen LogP contribution < -0.4 is 0 Å². The molecule has 1 aliphatic heterocycles. The first-order chi connectivity index (χ1) is 11.7. The van der Waals surface area contributed by atoms with E-state index in [0.29, 0.717) is 28.0 Å². The van der Waals surface area contributed by atoms with Gasteiger partial charge in [0.25, 0.3) is 5.92 Å². The first-order valence-electron chi connectivity index (χ1n) is 7.94. The highest BCUT2D eigenvalue weighted by Crippen LogP contribution is 2.46. The van der Waals surface area contributed by atoms with Crippen molar-refractivity contribution in [1.82, 2.24) is 9.55 Å². The first kappa shape index (κ1) is 15.9. The molecule has 6 heteroatoms. The molecule has 1 aromatic heterocycles. The summed E-state index contributed by atoms with van der Waals surface area (Å²) in [6, 6.07) is 9.29. The van der Waals surface area contributed by atoms with Crippen molar-refractivity contribution in [3.8, 4) is 0 Å². The van der Waals surface area contributed by atoms with Crippen LogP contribution >= 0.6 is 0 Å². The summed E-state index contributed by atoms with van der Waals surface area (Å²) < 4.78 is 45.1. The second kappa shape index (κ2) is 4.94. The van der Waals surface area contributed by atoms with Crippen LogP contribution in [0.15, 0.2) is 47.7 Å². The second-order valence-corrected chi connectivity index (χ2v) is 6.77. The third-order valence-corrected chi connectivity index (χ3v) is 4.79. The van der Waals surface area contributed by atoms with Crippen molar-refractivity contribution in [2.45, 2.75) is 32.2 Å². The molecule has 0 saturated carbocycles. The smallest absolute Gasteiger partial charge is 0.283 e. The summed E-state index contributed by atoms with van der Waals surface area (Å²) in [7, 11) is 0. The Morgan fingerprint density at radius 3 is 2.52 bits per heavy atom. The number of halogens is 3. The predicted octanol–water partition coefficient (Wildman–Crippen LogP) is 4.66. The molecule has 4 rings (SSSR count). The number of fused-ring (bicyclic) bond motifs is 2. The van der Waals surface area contributed by atoms with Crippen LogP contribution in [0.2, 0.25) is 0 Å². The molecule has 3 aromatic rings. The van der Waals surface area contributed by atoms with E-state index in [2.05, 4.69) is 9.98 Å². The molecule has 0 N–H and O–H groups in total. The van der Waals surface area contributed by atoms with Gasteiger partial charge in [0, 0.05) is 16.7 Å². The van der Waals surface area contributed by atoms with E-state index in [1.807, 2.05) is 0 Å². The lowest BCUT2D eigenvalue weighted by Crippen LogP contribution is -2.45. The van der Waals surface area contributed by atoms with E-state index in [4.69, 9.17) is 0 Å². The number of alkyl halides is 2. The van der Waals surface area contributed by atoms with Gasteiger partial charge in [-0.1, -0.05) is 24.3 Å². The highest BCUT2D eigenvalue weighted by atomic mass is 19.3. The summed E-state index contributed by atoms with van der Waals surface area (Å²) >= 11 is 0. The zero-order chi connectivity index (χ0) is 18.0. The quantitative estimate of drug-likeness (QED) is 0.584. The van der Waals surface area contributed by atoms with Crippen LogP contribution in [0.4, 0.5) is 13.2 Å². The third-order valence-electron chi connectivity index (χ3n) is 4.79. The van der Waals surface area contributed by atoms with Crippen LogP contribution in [-0.4, -0.2) is 20.9 Å². The lowest BCUT2D eigenvalue weighted by atomic mass is 9.84. The van der Waals surface area contributed by atoms with Crippen molar-refractivity contribution in [2.75, 3.05) is 0 Å². The van der Waals surface area contributed by atoms with Crippen LogP contribution in [0.5, 0.6) is 0 Å². The minimum absolute atomic E-state index is 0.0642. The average molecular weight is 343 g/mol. The number of hydrogen-bond acceptors (Lipinski definition) is 2. The molecular weight excluding hydrogens is 327 g/mol. The van der Waals surface area contributed by atoms with Crippen molar-refractivity contribution in [1.29, 1.82) is 0 Å². The standard InChI is InChI=1S/C19H16F3N3/c1-11-14(20)8-9-15-16(11)23-10-25(15)17-12-6-4-5-7-13(12)19(21,22)18(2,3)24-17/h4-10H,1-3H3. The van der Waals surface area contributed by atoms with Crippen molar-refractivity contribution in [3.63, 3.8) is 0 Å². The Kier molecular flexibility index (Phi) is 3.14. The van der Waals surface area contributed by atoms with E-state index >= 15 is 0 Å². The van der Waals surface area contributed by atoms with E-state index in [1.165, 1.54) is 32.3 Å². The van der Waals surface area contributed by atoms with Gasteiger partial charge in [0.05, 0.1) is 11.0 Å². The number of aromatic nitrogens is 2. The fraction of sp³-hybridized carbons (Fsp3) is 0.263. The Labute approximate surface area is 142 Å². The van der Waals surface area contributed by atoms with E-state index in [0.717, 1.165) is 0 Å². The van der Waals surface area contributed by atoms with Gasteiger partial charge in [0.15, 0.2) is 0 Å². The molecular formula is C19H16F3N3. The summed E-state index contributed by atoms with van der Waals surface area (Å²) in [5, 5.41) is 0. The number of aliphatic imine (C=N–C) groups is 1. The molecule has 0 bridgehead atoms. The zero-order valence-corrected chi connectivity index (χ0v) is 14.0. The molecule has 0 unspecified atom stereocenters. The molecule has 0 aliphatic carbocycles. The minimum Gasteiger partial charge on any atom is -0.283 e. The topological polar surface area (TPSA) is 30.2 Å². The Hall–Kier alpha value is -2.63. The van der Waals surface area contributed by atoms with Gasteiger partial charge in [-0.25, -0.2) is 9.37 Å². The maximum Gasteiger partial charge on any atom is 0.298 e. The highest BCUT2D eigenvalue weighted by molar-refractivity contribution is 6.07. The Morgan fingerprint density at radius 1 is 1.04 bits per heavy atom. The molecule has 0 atom stereocenters. The number of nitrogens with zero attached hydrogens (tertiary/aromatic N) is 3. The molecule has 128 valence electrons. The maximum absolute atomic E-state index is 14.8. The van der Waals surface area contributed by atoms with Gasteiger partial charge >= 0.3 is 0 Å². The molecule has 0 radical (unpaired) electrons. The molecule has 3 nitrogen and oxygen atoms in total. The Balaban J connectivity index is 2.03. The highest BCUT2D eigenvalue weighted by Gasteiger charge is 2.52. The van der Waals surface area contributed by atoms with E-state index in [9.17, 15) is 13.2 Å². The summed E-state index contributed by atoms with van der Waals surface area (Å²) in [4.78, 5) is 8.61. The van der Waals surface area contributed by atoms with Gasteiger partial charge in [-0.05, 0) is 32.9 Å². The van der Waals surface area contributed by atoms with Gasteiger partial charge in [0.1, 0.15) is 23.5 Å². The third kappa shape index (κ3) is 2.06. The van der Waals surface area contributed by atoms with E-state index < -0.39 is 11.5 Å². The minimum atomic E-state index is -3.09. The van der Waals surface area contributed by atoms with Crippen LogP contribution in [0.25, 0.3) is 11.0 Å². The van der Waals surface area contributed by atoms with Gasteiger partial charge in [-0.3, -0.25) is 9.56 Å². The van der Waals surface area contributed by atoms with E-state index in [-0.39, 0.29) is 11.4 Å². The van der Waals surface area contributed by atoms with Crippen LogP contribution in [0, 0.1) is 12.7 Å². The largest absolute Gasteiger partial charge is 0.298 e. The van der Waals surface area contributed by atoms with Gasteiger partial charge in [-0.2, -0.15) is 8.78 Å². The maximum atomic E-state index is 14.8. The van der Waals surface area contributed by atoms with Crippen LogP contribution in [-0.2, 0) is 5.92 Å². The van der Waals surface area contributed by atoms with Crippen molar-refractivity contribution in [3.05, 3.63) is 65.2 Å². The normalized spacial score (nSPS) is 18.1. The molecule has 2 heterocycles. The molecule has 0 fully saturated rings. The number of rotatable bonds is 0. The molecule has 25 heavy (non-hydrogen) atoms. The summed E-state index contributed by atoms with van der Waals surface area (Å²) in [6.07, 6.45) is 1.51. The second-order valence-electron chi connectivity index (χ2n) is 6.77. The molecule has 0 spiro atoms. The fourth-order valence-corrected chi connectivity index (χ4v) is 3.23. The molecule has 0 amide bonds. The van der Waals surface area contributed by atoms with Crippen molar-refractivity contribution < 1.29 is 13.2 Å². The van der Waals surface area contributed by atoms with E-state index in [1.54, 1.807) is 35.8 Å². The fourth-order valence-electron chi connectivity index (χ4n) is 3.23. The number of imidazole rings is 1. The number of benzene rings is 2. The molecule has 2 aromatic carbocycles. The van der Waals surface area contributed by atoms with Crippen molar-refractivity contribution in [2.24, 2.45) is 4.99 Å². The SMILES string of the molecule is Cc1c(F)ccc2c1ncn2C1=NC(C)(C)C(F)(F)c2ccccc21. The number of aryl methyl sites for hydroxylation is 1. The Morgan fingerprint density at radius 2 is 1.76 bits per heavy atom. The summed E-state index contributed by atoms with van der Waals surface area (Å²) in [6.45, 7) is 4.46. The molecule has 0 saturated heterocycles. The monoisotopic (exact) mass is 343 g/mol. The lowest BCUT2D eigenvalue weighted by Gasteiger charge is -2.37. The van der Waals surface area contributed by atoms with Gasteiger partial charge in [-0.15, -0.1) is 0 Å². The first-order valence-corrected chi connectivity index (χ1v) is 7.94. The van der Waals surface area contributed by atoms with Crippen molar-refractivity contribution >= 4 is 16.9 Å². The predicted molar refractivity (Wildman–Crippen MR) is 90.8 cm³/mol. The average Bonchev–Trinajstić information content (AvgIpc) is 2.99. The number of hydrogen-bond donors (Lipinski definition) is 0. The summed E-state index contributed by atoms with van der Waals surface area (Å²) in [5.74, 6) is -3.05. The van der Waals surface area contributed by atoms with Gasteiger partial charge in [0.2, 0.25) is 0 Å². The van der Waals surface area contributed by atoms with Crippen LogP contribution in [0.1, 0.15) is 30.5 Å². The summed E-state index contributed by atoms with van der Waals surface area (Å²) in [5.41, 5.74) is 0.232. The van der Waals surface area contributed by atoms with Crippen LogP contribution in [0.3, 0.4) is 0 Å². The van der Waals surface area contributed by atoms with Gasteiger partial charge < -0.3 is 0 Å². The Bertz CT molecular complexity index is 1030. The zero-order valence-electron chi connectivity index (χ0n) is 14.0.